The standard InChI is InChI=1S/C12H24O4P/c1-4-5-8-16-17(14)9-6-7-12(13)15-10-11(2)3/h11H,4-10H2,1-3H3/q+1. The molecule has 100 valence electrons. The second kappa shape index (κ2) is 10.7. The van der Waals surface area contributed by atoms with Gasteiger partial charge in [0.15, 0.2) is 6.16 Å². The number of esters is 1. The summed E-state index contributed by atoms with van der Waals surface area (Å²) in [5.74, 6) is 0.142. The van der Waals surface area contributed by atoms with Crippen molar-refractivity contribution in [2.45, 2.75) is 46.5 Å². The molecule has 0 rings (SSSR count). The third kappa shape index (κ3) is 11.8. The van der Waals surface area contributed by atoms with Crippen molar-refractivity contribution in [2.75, 3.05) is 19.4 Å². The van der Waals surface area contributed by atoms with Crippen LogP contribution in [-0.2, 0) is 18.6 Å². The van der Waals surface area contributed by atoms with Crippen LogP contribution in [0.4, 0.5) is 0 Å². The average Bonchev–Trinajstić information content (AvgIpc) is 2.27. The summed E-state index contributed by atoms with van der Waals surface area (Å²) in [6, 6.07) is 0. The maximum Gasteiger partial charge on any atom is 0.508 e. The smallest absolute Gasteiger partial charge is 0.465 e. The van der Waals surface area contributed by atoms with Crippen LogP contribution < -0.4 is 0 Å². The van der Waals surface area contributed by atoms with E-state index >= 15 is 0 Å². The van der Waals surface area contributed by atoms with Crippen molar-refractivity contribution >= 4 is 14.0 Å². The van der Waals surface area contributed by atoms with Gasteiger partial charge >= 0.3 is 14.0 Å². The Bertz CT molecular complexity index is 229. The molecule has 17 heavy (non-hydrogen) atoms. The first-order valence-electron chi connectivity index (χ1n) is 6.29. The molecule has 0 aromatic carbocycles. The number of hydrogen-bond acceptors (Lipinski definition) is 4. The molecule has 5 heteroatoms. The molecule has 0 saturated heterocycles. The van der Waals surface area contributed by atoms with Crippen molar-refractivity contribution in [3.8, 4) is 0 Å². The van der Waals surface area contributed by atoms with Gasteiger partial charge in [-0.05, 0) is 16.9 Å². The van der Waals surface area contributed by atoms with Crippen LogP contribution in [0.5, 0.6) is 0 Å². The fraction of sp³-hybridized carbons (Fsp3) is 0.917. The number of rotatable bonds is 10. The number of hydrogen-bond donors (Lipinski definition) is 0. The van der Waals surface area contributed by atoms with Gasteiger partial charge in [-0.25, -0.2) is 0 Å². The topological polar surface area (TPSA) is 52.6 Å². The molecule has 1 atom stereocenters. The van der Waals surface area contributed by atoms with E-state index in [1.165, 1.54) is 0 Å². The van der Waals surface area contributed by atoms with Crippen molar-refractivity contribution in [1.29, 1.82) is 0 Å². The molecule has 0 fully saturated rings. The van der Waals surface area contributed by atoms with Crippen LogP contribution >= 0.6 is 8.03 Å². The highest BCUT2D eigenvalue weighted by molar-refractivity contribution is 7.39. The molecule has 0 amide bonds. The van der Waals surface area contributed by atoms with Gasteiger partial charge in [0.05, 0.1) is 6.61 Å². The van der Waals surface area contributed by atoms with Gasteiger partial charge in [-0.3, -0.25) is 4.79 Å². The fourth-order valence-electron chi connectivity index (χ4n) is 1.06. The minimum Gasteiger partial charge on any atom is -0.465 e. The monoisotopic (exact) mass is 263 g/mol. The zero-order valence-electron chi connectivity index (χ0n) is 11.1. The Morgan fingerprint density at radius 2 is 2.00 bits per heavy atom. The number of unbranched alkanes of at least 4 members (excludes halogenated alkanes) is 1. The molecule has 1 unspecified atom stereocenters. The highest BCUT2D eigenvalue weighted by Gasteiger charge is 2.17. The number of ether oxygens (including phenoxy) is 1. The molecule has 0 spiro atoms. The predicted molar refractivity (Wildman–Crippen MR) is 68.4 cm³/mol. The first-order chi connectivity index (χ1) is 8.06. The van der Waals surface area contributed by atoms with Gasteiger partial charge < -0.3 is 4.74 Å². The molecule has 0 saturated carbocycles. The molecular formula is C12H24O4P+. The summed E-state index contributed by atoms with van der Waals surface area (Å²) in [4.78, 5) is 11.2. The Morgan fingerprint density at radius 3 is 2.59 bits per heavy atom. The minimum absolute atomic E-state index is 0.212. The fourth-order valence-corrected chi connectivity index (χ4v) is 1.94. The van der Waals surface area contributed by atoms with Crippen molar-refractivity contribution in [1.82, 2.24) is 0 Å². The van der Waals surface area contributed by atoms with Crippen molar-refractivity contribution in [2.24, 2.45) is 5.92 Å². The van der Waals surface area contributed by atoms with Gasteiger partial charge in [0.2, 0.25) is 0 Å². The molecule has 0 aliphatic carbocycles. The summed E-state index contributed by atoms with van der Waals surface area (Å²) >= 11 is 0. The normalized spacial score (nSPS) is 11.6. The van der Waals surface area contributed by atoms with Crippen LogP contribution in [0.3, 0.4) is 0 Å². The number of carbonyl (C=O) groups is 1. The van der Waals surface area contributed by atoms with Gasteiger partial charge in [0.25, 0.3) is 0 Å². The lowest BCUT2D eigenvalue weighted by molar-refractivity contribution is -0.144. The Labute approximate surface area is 105 Å². The molecule has 0 aromatic rings. The molecular weight excluding hydrogens is 239 g/mol. The maximum atomic E-state index is 11.3. The van der Waals surface area contributed by atoms with E-state index in [1.807, 2.05) is 13.8 Å². The first-order valence-corrected chi connectivity index (χ1v) is 7.65. The molecule has 0 aliphatic rings. The highest BCUT2D eigenvalue weighted by atomic mass is 31.1. The number of carbonyl (C=O) groups excluding carboxylic acids is 1. The van der Waals surface area contributed by atoms with Crippen LogP contribution in [-0.4, -0.2) is 25.3 Å². The molecule has 0 bridgehead atoms. The first kappa shape index (κ1) is 16.5. The van der Waals surface area contributed by atoms with E-state index in [1.54, 1.807) is 0 Å². The quantitative estimate of drug-likeness (QED) is 0.344. The summed E-state index contributed by atoms with van der Waals surface area (Å²) < 4.78 is 21.5. The van der Waals surface area contributed by atoms with Gasteiger partial charge in [-0.1, -0.05) is 27.2 Å². The van der Waals surface area contributed by atoms with E-state index in [9.17, 15) is 9.36 Å². The van der Waals surface area contributed by atoms with Gasteiger partial charge in [0.1, 0.15) is 6.61 Å². The van der Waals surface area contributed by atoms with Crippen LogP contribution in [0.15, 0.2) is 0 Å². The van der Waals surface area contributed by atoms with E-state index in [0.29, 0.717) is 38.1 Å². The highest BCUT2D eigenvalue weighted by Crippen LogP contribution is 2.24. The Kier molecular flexibility index (Phi) is 10.4. The summed E-state index contributed by atoms with van der Waals surface area (Å²) in [5, 5.41) is 0. The van der Waals surface area contributed by atoms with Crippen LogP contribution in [0, 0.1) is 5.92 Å². The van der Waals surface area contributed by atoms with Crippen molar-refractivity contribution in [3.63, 3.8) is 0 Å². The lowest BCUT2D eigenvalue weighted by Gasteiger charge is -2.05. The second-order valence-corrected chi connectivity index (χ2v) is 5.79. The summed E-state index contributed by atoms with van der Waals surface area (Å²) in [7, 11) is -1.60. The minimum atomic E-state index is -1.60. The third-order valence-corrected chi connectivity index (χ3v) is 3.18. The summed E-state index contributed by atoms with van der Waals surface area (Å²) in [6.45, 7) is 7.04. The van der Waals surface area contributed by atoms with Crippen molar-refractivity contribution < 1.29 is 18.6 Å². The van der Waals surface area contributed by atoms with Gasteiger partial charge in [0, 0.05) is 12.8 Å². The Hall–Kier alpha value is -0.470. The zero-order valence-corrected chi connectivity index (χ0v) is 12.0. The Morgan fingerprint density at radius 1 is 1.29 bits per heavy atom. The lowest BCUT2D eigenvalue weighted by atomic mass is 10.2. The molecule has 0 aromatic heterocycles. The average molecular weight is 263 g/mol. The van der Waals surface area contributed by atoms with E-state index in [2.05, 4.69) is 6.92 Å². The van der Waals surface area contributed by atoms with E-state index in [0.717, 1.165) is 12.8 Å². The largest absolute Gasteiger partial charge is 0.508 e. The lowest BCUT2D eigenvalue weighted by Crippen LogP contribution is -2.09. The van der Waals surface area contributed by atoms with E-state index in [4.69, 9.17) is 9.26 Å². The summed E-state index contributed by atoms with van der Waals surface area (Å²) in [6.07, 6.45) is 3.29. The summed E-state index contributed by atoms with van der Waals surface area (Å²) in [5.41, 5.74) is 0. The van der Waals surface area contributed by atoms with E-state index in [-0.39, 0.29) is 5.97 Å². The second-order valence-electron chi connectivity index (χ2n) is 4.42. The molecule has 0 aliphatic heterocycles. The Balaban J connectivity index is 3.42. The van der Waals surface area contributed by atoms with Gasteiger partial charge in [-0.2, -0.15) is 0 Å². The van der Waals surface area contributed by atoms with E-state index < -0.39 is 8.03 Å². The molecule has 4 nitrogen and oxygen atoms in total. The third-order valence-electron chi connectivity index (χ3n) is 2.03. The van der Waals surface area contributed by atoms with Crippen molar-refractivity contribution in [3.05, 3.63) is 0 Å². The molecule has 0 N–H and O–H groups in total. The van der Waals surface area contributed by atoms with Crippen LogP contribution in [0.25, 0.3) is 0 Å². The zero-order chi connectivity index (χ0) is 13.1. The molecule has 0 radical (unpaired) electrons. The van der Waals surface area contributed by atoms with Crippen LogP contribution in [0.1, 0.15) is 46.5 Å². The van der Waals surface area contributed by atoms with Crippen LogP contribution in [0.2, 0.25) is 0 Å². The predicted octanol–water partition coefficient (Wildman–Crippen LogP) is 3.52. The molecule has 0 heterocycles. The maximum absolute atomic E-state index is 11.3. The van der Waals surface area contributed by atoms with Gasteiger partial charge in [-0.15, -0.1) is 4.52 Å². The SMILES string of the molecule is CCCCO[P+](=O)CCCC(=O)OCC(C)C.